The number of benzene rings is 4. The molecule has 0 aromatic heterocycles. The Morgan fingerprint density at radius 3 is 2.46 bits per heavy atom. The molecule has 13 heteroatoms. The number of hydrogen-bond acceptors (Lipinski definition) is 8. The van der Waals surface area contributed by atoms with E-state index < -0.39 is 28.2 Å². The zero-order valence-corrected chi connectivity index (χ0v) is 27.7. The number of sulfonamides is 1. The van der Waals surface area contributed by atoms with Gasteiger partial charge in [0.15, 0.2) is 17.2 Å². The molecular formula is C35H38N4O8S. The Hall–Kier alpha value is -4.85. The lowest BCUT2D eigenvalue weighted by Gasteiger charge is -2.38. The van der Waals surface area contributed by atoms with E-state index in [1.807, 2.05) is 43.3 Å². The van der Waals surface area contributed by atoms with Gasteiger partial charge in [-0.3, -0.25) is 4.79 Å². The summed E-state index contributed by atoms with van der Waals surface area (Å²) in [6, 6.07) is 21.5. The molecule has 4 aromatic rings. The van der Waals surface area contributed by atoms with E-state index in [1.165, 1.54) is 23.5 Å². The number of likely N-dealkylation sites (N-methyl/N-ethyl adjacent to an activating group) is 1. The molecule has 252 valence electrons. The van der Waals surface area contributed by atoms with E-state index in [-0.39, 0.29) is 53.4 Å². The van der Waals surface area contributed by atoms with Gasteiger partial charge in [-0.2, -0.15) is 4.31 Å². The van der Waals surface area contributed by atoms with E-state index in [1.54, 1.807) is 42.2 Å². The smallest absolute Gasteiger partial charge is 0.323 e. The van der Waals surface area contributed by atoms with Crippen molar-refractivity contribution in [3.8, 4) is 17.2 Å². The molecule has 48 heavy (non-hydrogen) atoms. The van der Waals surface area contributed by atoms with Gasteiger partial charge in [0.05, 0.1) is 41.0 Å². The highest BCUT2D eigenvalue weighted by molar-refractivity contribution is 7.89. The summed E-state index contributed by atoms with van der Waals surface area (Å²) in [6.07, 6.45) is -0.758. The summed E-state index contributed by atoms with van der Waals surface area (Å²) in [5, 5.41) is 17.6. The van der Waals surface area contributed by atoms with Crippen LogP contribution in [0, 0.1) is 5.92 Å². The van der Waals surface area contributed by atoms with Gasteiger partial charge in [0.1, 0.15) is 19.3 Å². The molecule has 0 saturated heterocycles. The largest absolute Gasteiger partial charge is 0.486 e. The van der Waals surface area contributed by atoms with E-state index in [4.69, 9.17) is 14.2 Å². The van der Waals surface area contributed by atoms with Crippen molar-refractivity contribution < 1.29 is 37.3 Å². The van der Waals surface area contributed by atoms with E-state index in [9.17, 15) is 23.1 Å². The van der Waals surface area contributed by atoms with E-state index in [0.29, 0.717) is 30.4 Å². The molecule has 3 atom stereocenters. The van der Waals surface area contributed by atoms with Crippen LogP contribution >= 0.6 is 0 Å². The first kappa shape index (κ1) is 33.1. The molecule has 6 rings (SSSR count). The predicted octanol–water partition coefficient (Wildman–Crippen LogP) is 4.80. The summed E-state index contributed by atoms with van der Waals surface area (Å²) in [6.45, 7) is 4.13. The Balaban J connectivity index is 1.31. The number of rotatable bonds is 8. The Kier molecular flexibility index (Phi) is 9.45. The number of carbonyl (C=O) groups excluding carboxylic acids is 2. The maximum Gasteiger partial charge on any atom is 0.323 e. The lowest BCUT2D eigenvalue weighted by Crippen LogP contribution is -2.50. The van der Waals surface area contributed by atoms with Crippen molar-refractivity contribution in [2.45, 2.75) is 30.9 Å². The summed E-state index contributed by atoms with van der Waals surface area (Å²) in [5.74, 6) is 0.166. The molecule has 4 aromatic carbocycles. The first-order valence-electron chi connectivity index (χ1n) is 15.7. The number of fused-ring (bicyclic) bond motifs is 3. The van der Waals surface area contributed by atoms with Crippen LogP contribution in [0.15, 0.2) is 83.8 Å². The van der Waals surface area contributed by atoms with Gasteiger partial charge in [-0.15, -0.1) is 0 Å². The number of aliphatic hydroxyl groups is 1. The number of amides is 3. The third kappa shape index (κ3) is 6.61. The third-order valence-corrected chi connectivity index (χ3v) is 10.5. The highest BCUT2D eigenvalue weighted by Gasteiger charge is 2.36. The van der Waals surface area contributed by atoms with Gasteiger partial charge < -0.3 is 34.9 Å². The van der Waals surface area contributed by atoms with Gasteiger partial charge in [0.25, 0.3) is 5.91 Å². The number of nitrogens with zero attached hydrogens (tertiary/aromatic N) is 2. The number of para-hydroxylation sites is 1. The fourth-order valence-electron chi connectivity index (χ4n) is 5.89. The number of hydrogen-bond donors (Lipinski definition) is 3. The topological polar surface area (TPSA) is 147 Å². The molecule has 3 amide bonds. The first-order valence-corrected chi connectivity index (χ1v) is 17.1. The van der Waals surface area contributed by atoms with Crippen LogP contribution in [0.1, 0.15) is 24.2 Å². The van der Waals surface area contributed by atoms with Crippen molar-refractivity contribution in [2.75, 3.05) is 50.6 Å². The summed E-state index contributed by atoms with van der Waals surface area (Å²) < 4.78 is 46.4. The molecule has 0 fully saturated rings. The second-order valence-corrected chi connectivity index (χ2v) is 14.0. The quantitative estimate of drug-likeness (QED) is 0.242. The molecule has 3 N–H and O–H groups in total. The van der Waals surface area contributed by atoms with Crippen LogP contribution < -0.4 is 24.8 Å². The van der Waals surface area contributed by atoms with E-state index >= 15 is 0 Å². The number of ether oxygens (including phenoxy) is 3. The fraction of sp³-hybridized carbons (Fsp3) is 0.314. The van der Waals surface area contributed by atoms with Crippen molar-refractivity contribution in [3.05, 3.63) is 84.4 Å². The molecule has 0 aliphatic carbocycles. The molecule has 0 unspecified atom stereocenters. The molecule has 2 aliphatic heterocycles. The Bertz CT molecular complexity index is 1950. The SMILES string of the molecule is C[C@@H]1CN([C@@H](C)CO)C(=O)c2cccc(NC(=O)Nc3cccc4ccccc34)c2O[C@H]1CN(C)S(=O)(=O)c1ccc2c(c1)OCCO2. The minimum atomic E-state index is -4.00. The predicted molar refractivity (Wildman–Crippen MR) is 181 cm³/mol. The highest BCUT2D eigenvalue weighted by Crippen LogP contribution is 2.37. The second kappa shape index (κ2) is 13.7. The lowest BCUT2D eigenvalue weighted by atomic mass is 9.99. The van der Waals surface area contributed by atoms with E-state index in [2.05, 4.69) is 10.6 Å². The molecular weight excluding hydrogens is 636 g/mol. The van der Waals surface area contributed by atoms with Crippen LogP contribution in [0.3, 0.4) is 0 Å². The second-order valence-electron chi connectivity index (χ2n) is 12.0. The molecule has 12 nitrogen and oxygen atoms in total. The van der Waals surface area contributed by atoms with Crippen LogP contribution in [0.25, 0.3) is 10.8 Å². The average molecular weight is 675 g/mol. The van der Waals surface area contributed by atoms with Crippen LogP contribution in [0.5, 0.6) is 17.2 Å². The van der Waals surface area contributed by atoms with E-state index in [0.717, 1.165) is 10.8 Å². The van der Waals surface area contributed by atoms with Gasteiger partial charge in [-0.1, -0.05) is 49.4 Å². The summed E-state index contributed by atoms with van der Waals surface area (Å²) >= 11 is 0. The standard InChI is InChI=1S/C35H38N4O8S/c1-22-19-39(23(2)21-40)34(41)27-11-7-13-29(37-35(42)36-28-12-6-9-24-8-4-5-10-26(24)28)33(27)47-32(22)20-38(3)48(43,44)25-14-15-30-31(18-25)46-17-16-45-30/h4-15,18,22-23,32,40H,16-17,19-21H2,1-3H3,(H2,36,37,42)/t22-,23+,32+/m1/s1. The zero-order valence-electron chi connectivity index (χ0n) is 26.9. The lowest BCUT2D eigenvalue weighted by molar-refractivity contribution is 0.0389. The Morgan fingerprint density at radius 2 is 1.67 bits per heavy atom. The summed E-state index contributed by atoms with van der Waals surface area (Å²) in [4.78, 5) is 28.8. The molecule has 0 radical (unpaired) electrons. The van der Waals surface area contributed by atoms with Gasteiger partial charge in [-0.05, 0) is 42.6 Å². The molecule has 0 bridgehead atoms. The van der Waals surface area contributed by atoms with Crippen LogP contribution in [0.2, 0.25) is 0 Å². The van der Waals surface area contributed by atoms with Crippen molar-refractivity contribution >= 4 is 44.1 Å². The van der Waals surface area contributed by atoms with Gasteiger partial charge in [0, 0.05) is 31.0 Å². The van der Waals surface area contributed by atoms with Gasteiger partial charge in [-0.25, -0.2) is 13.2 Å². The normalized spacial score (nSPS) is 18.4. The maximum absolute atomic E-state index is 13.9. The van der Waals surface area contributed by atoms with Crippen LogP contribution in [0.4, 0.5) is 16.2 Å². The minimum Gasteiger partial charge on any atom is -0.486 e. The monoisotopic (exact) mass is 674 g/mol. The Morgan fingerprint density at radius 1 is 0.979 bits per heavy atom. The first-order chi connectivity index (χ1) is 23.1. The number of nitrogens with one attached hydrogen (secondary N) is 2. The average Bonchev–Trinajstić information content (AvgIpc) is 3.09. The van der Waals surface area contributed by atoms with Crippen molar-refractivity contribution in [2.24, 2.45) is 5.92 Å². The summed E-state index contributed by atoms with van der Waals surface area (Å²) in [7, 11) is -2.54. The maximum atomic E-state index is 13.9. The Labute approximate surface area is 279 Å². The van der Waals surface area contributed by atoms with Crippen molar-refractivity contribution in [1.82, 2.24) is 9.21 Å². The fourth-order valence-corrected chi connectivity index (χ4v) is 7.08. The minimum absolute atomic E-state index is 0.0336. The zero-order chi connectivity index (χ0) is 34.0. The van der Waals surface area contributed by atoms with Crippen LogP contribution in [-0.2, 0) is 10.0 Å². The number of carbonyl (C=O) groups is 2. The number of aliphatic hydroxyl groups excluding tert-OH is 1. The number of urea groups is 1. The molecule has 2 aliphatic rings. The van der Waals surface area contributed by atoms with Crippen molar-refractivity contribution in [1.29, 1.82) is 0 Å². The molecule has 2 heterocycles. The summed E-state index contributed by atoms with van der Waals surface area (Å²) in [5.41, 5.74) is 1.00. The van der Waals surface area contributed by atoms with Gasteiger partial charge in [0.2, 0.25) is 10.0 Å². The van der Waals surface area contributed by atoms with Crippen molar-refractivity contribution in [3.63, 3.8) is 0 Å². The van der Waals surface area contributed by atoms with Gasteiger partial charge >= 0.3 is 6.03 Å². The molecule has 0 saturated carbocycles. The molecule has 0 spiro atoms. The van der Waals surface area contributed by atoms with Crippen LogP contribution in [-0.4, -0.2) is 86.8 Å². The number of anilines is 2. The highest BCUT2D eigenvalue weighted by atomic mass is 32.2. The third-order valence-electron chi connectivity index (χ3n) is 8.64.